The SMILES string of the molecule is O=C(O)C1=CC(OS(=O)(=O)C(F)(F)F)=C2c3ccccc3CCN2C1. The minimum atomic E-state index is -5.92. The van der Waals surface area contributed by atoms with Gasteiger partial charge in [-0.3, -0.25) is 0 Å². The number of carboxylic acids is 1. The minimum Gasteiger partial charge on any atom is -0.478 e. The molecule has 1 aromatic carbocycles. The molecule has 2 aliphatic heterocycles. The third-order valence-electron chi connectivity index (χ3n) is 3.90. The molecule has 0 bridgehead atoms. The second kappa shape index (κ2) is 5.80. The van der Waals surface area contributed by atoms with Gasteiger partial charge in [-0.25, -0.2) is 4.79 Å². The predicted molar refractivity (Wildman–Crippen MR) is 80.4 cm³/mol. The van der Waals surface area contributed by atoms with Crippen LogP contribution in [0.25, 0.3) is 5.70 Å². The summed E-state index contributed by atoms with van der Waals surface area (Å²) in [7, 11) is -5.92. The van der Waals surface area contributed by atoms with Gasteiger partial charge in [-0.2, -0.15) is 21.6 Å². The third-order valence-corrected chi connectivity index (χ3v) is 4.86. The molecule has 1 aromatic rings. The molecule has 134 valence electrons. The van der Waals surface area contributed by atoms with Crippen LogP contribution in [0.4, 0.5) is 13.2 Å². The number of carboxylic acid groups (broad SMARTS) is 1. The molecule has 2 aliphatic rings. The van der Waals surface area contributed by atoms with Gasteiger partial charge in [-0.15, -0.1) is 0 Å². The average Bonchev–Trinajstić information content (AvgIpc) is 2.52. The molecule has 1 N–H and O–H groups in total. The number of hydrogen-bond acceptors (Lipinski definition) is 5. The molecule has 0 atom stereocenters. The van der Waals surface area contributed by atoms with Crippen molar-refractivity contribution in [2.45, 2.75) is 11.9 Å². The number of fused-ring (bicyclic) bond motifs is 3. The summed E-state index contributed by atoms with van der Waals surface area (Å²) in [5.74, 6) is -2.00. The van der Waals surface area contributed by atoms with Crippen molar-refractivity contribution in [3.05, 3.63) is 52.8 Å². The van der Waals surface area contributed by atoms with E-state index in [2.05, 4.69) is 4.18 Å². The van der Waals surface area contributed by atoms with Crippen molar-refractivity contribution in [2.24, 2.45) is 0 Å². The first-order chi connectivity index (χ1) is 11.6. The number of alkyl halides is 3. The van der Waals surface area contributed by atoms with E-state index in [0.717, 1.165) is 11.6 Å². The quantitative estimate of drug-likeness (QED) is 0.644. The molecule has 0 saturated carbocycles. The highest BCUT2D eigenvalue weighted by molar-refractivity contribution is 7.87. The van der Waals surface area contributed by atoms with Crippen molar-refractivity contribution in [3.8, 4) is 0 Å². The normalized spacial score (nSPS) is 17.6. The highest BCUT2D eigenvalue weighted by Gasteiger charge is 2.49. The fraction of sp³-hybridized carbons (Fsp3) is 0.267. The van der Waals surface area contributed by atoms with E-state index in [4.69, 9.17) is 5.11 Å². The van der Waals surface area contributed by atoms with E-state index < -0.39 is 27.4 Å². The van der Waals surface area contributed by atoms with Crippen molar-refractivity contribution in [1.29, 1.82) is 0 Å². The summed E-state index contributed by atoms with van der Waals surface area (Å²) < 4.78 is 65.1. The van der Waals surface area contributed by atoms with Gasteiger partial charge in [0.2, 0.25) is 0 Å². The monoisotopic (exact) mass is 375 g/mol. The number of carbonyl (C=O) groups is 1. The van der Waals surface area contributed by atoms with Crippen molar-refractivity contribution in [1.82, 2.24) is 4.90 Å². The van der Waals surface area contributed by atoms with Crippen LogP contribution in [0.2, 0.25) is 0 Å². The first kappa shape index (κ1) is 17.3. The molecule has 0 unspecified atom stereocenters. The lowest BCUT2D eigenvalue weighted by molar-refractivity contribution is -0.132. The minimum absolute atomic E-state index is 0.0576. The summed E-state index contributed by atoms with van der Waals surface area (Å²) in [5.41, 5.74) is -4.41. The van der Waals surface area contributed by atoms with Crippen molar-refractivity contribution < 1.29 is 35.7 Å². The van der Waals surface area contributed by atoms with Gasteiger partial charge in [0.15, 0.2) is 5.76 Å². The van der Waals surface area contributed by atoms with Crippen molar-refractivity contribution >= 4 is 21.8 Å². The molecule has 0 radical (unpaired) electrons. The fourth-order valence-corrected chi connectivity index (χ4v) is 3.25. The zero-order valence-electron chi connectivity index (χ0n) is 12.6. The molecular weight excluding hydrogens is 363 g/mol. The molecule has 2 heterocycles. The molecule has 0 amide bonds. The second-order valence-electron chi connectivity index (χ2n) is 5.50. The van der Waals surface area contributed by atoms with Crippen LogP contribution in [0.3, 0.4) is 0 Å². The summed E-state index contributed by atoms with van der Waals surface area (Å²) in [4.78, 5) is 12.7. The van der Waals surface area contributed by atoms with Gasteiger partial charge < -0.3 is 14.2 Å². The number of nitrogens with zero attached hydrogens (tertiary/aromatic N) is 1. The van der Waals surface area contributed by atoms with Crippen molar-refractivity contribution in [2.75, 3.05) is 13.1 Å². The maximum atomic E-state index is 12.7. The van der Waals surface area contributed by atoms with E-state index in [1.165, 1.54) is 4.90 Å². The van der Waals surface area contributed by atoms with Crippen molar-refractivity contribution in [3.63, 3.8) is 0 Å². The number of aliphatic carboxylic acids is 1. The Bertz CT molecular complexity index is 902. The van der Waals surface area contributed by atoms with Crippen LogP contribution in [-0.4, -0.2) is 43.0 Å². The average molecular weight is 375 g/mol. The highest BCUT2D eigenvalue weighted by atomic mass is 32.2. The third kappa shape index (κ3) is 3.09. The molecule has 3 rings (SSSR count). The molecule has 0 saturated heterocycles. The first-order valence-corrected chi connectivity index (χ1v) is 8.53. The Morgan fingerprint density at radius 2 is 1.92 bits per heavy atom. The van der Waals surface area contributed by atoms with Gasteiger partial charge in [0.05, 0.1) is 17.8 Å². The maximum Gasteiger partial charge on any atom is 0.534 e. The van der Waals surface area contributed by atoms with Crippen LogP contribution in [0, 0.1) is 0 Å². The summed E-state index contributed by atoms with van der Waals surface area (Å²) in [6.07, 6.45) is 1.38. The van der Waals surface area contributed by atoms with E-state index in [-0.39, 0.29) is 17.8 Å². The van der Waals surface area contributed by atoms with Crippen LogP contribution in [0.15, 0.2) is 41.7 Å². The van der Waals surface area contributed by atoms with E-state index >= 15 is 0 Å². The summed E-state index contributed by atoms with van der Waals surface area (Å²) >= 11 is 0. The fourth-order valence-electron chi connectivity index (χ4n) is 2.79. The number of benzene rings is 1. The lowest BCUT2D eigenvalue weighted by atomic mass is 9.93. The van der Waals surface area contributed by atoms with Gasteiger partial charge in [-0.1, -0.05) is 24.3 Å². The van der Waals surface area contributed by atoms with Gasteiger partial charge >= 0.3 is 21.6 Å². The van der Waals surface area contributed by atoms with E-state index in [9.17, 15) is 26.4 Å². The smallest absolute Gasteiger partial charge is 0.478 e. The second-order valence-corrected chi connectivity index (χ2v) is 7.04. The van der Waals surface area contributed by atoms with Gasteiger partial charge in [0, 0.05) is 12.1 Å². The molecule has 10 heteroatoms. The lowest BCUT2D eigenvalue weighted by Gasteiger charge is -2.36. The molecule has 6 nitrogen and oxygen atoms in total. The van der Waals surface area contributed by atoms with E-state index in [1.54, 1.807) is 24.3 Å². The summed E-state index contributed by atoms with van der Waals surface area (Å²) in [6, 6.07) is 6.80. The van der Waals surface area contributed by atoms with Crippen LogP contribution >= 0.6 is 0 Å². The maximum absolute atomic E-state index is 12.7. The Balaban J connectivity index is 2.19. The first-order valence-electron chi connectivity index (χ1n) is 7.12. The number of rotatable bonds is 3. The zero-order valence-corrected chi connectivity index (χ0v) is 13.4. The molecule has 0 aromatic heterocycles. The molecule has 0 aliphatic carbocycles. The lowest BCUT2D eigenvalue weighted by Crippen LogP contribution is -2.37. The molecule has 0 spiro atoms. The Morgan fingerprint density at radius 1 is 1.24 bits per heavy atom. The summed E-state index contributed by atoms with van der Waals surface area (Å²) in [6.45, 7) is 0.272. The highest BCUT2D eigenvalue weighted by Crippen LogP contribution is 2.38. The number of hydrogen-bond donors (Lipinski definition) is 1. The molecule has 0 fully saturated rings. The van der Waals surface area contributed by atoms with E-state index in [1.807, 2.05) is 0 Å². The predicted octanol–water partition coefficient (Wildman–Crippen LogP) is 2.10. The number of allylic oxidation sites excluding steroid dienone is 1. The van der Waals surface area contributed by atoms with Crippen LogP contribution in [0.1, 0.15) is 11.1 Å². The van der Waals surface area contributed by atoms with Gasteiger partial charge in [0.1, 0.15) is 0 Å². The summed E-state index contributed by atoms with van der Waals surface area (Å²) in [5, 5.41) is 9.15. The van der Waals surface area contributed by atoms with Crippen LogP contribution < -0.4 is 0 Å². The van der Waals surface area contributed by atoms with Crippen LogP contribution in [-0.2, 0) is 25.5 Å². The number of halogens is 3. The topological polar surface area (TPSA) is 83.9 Å². The van der Waals surface area contributed by atoms with E-state index in [0.29, 0.717) is 18.5 Å². The Labute approximate surface area is 140 Å². The molecule has 25 heavy (non-hydrogen) atoms. The van der Waals surface area contributed by atoms with Crippen LogP contribution in [0.5, 0.6) is 0 Å². The van der Waals surface area contributed by atoms with Gasteiger partial charge in [0.25, 0.3) is 0 Å². The Kier molecular flexibility index (Phi) is 4.02. The zero-order chi connectivity index (χ0) is 18.4. The Morgan fingerprint density at radius 3 is 2.56 bits per heavy atom. The Hall–Kier alpha value is -2.49. The standard InChI is InChI=1S/C15H12F3NO5S/c16-15(17,18)25(22,23)24-12-7-10(14(20)21)8-19-6-5-9-3-1-2-4-11(9)13(12)19/h1-4,7H,5-6,8H2,(H,20,21). The largest absolute Gasteiger partial charge is 0.534 e. The van der Waals surface area contributed by atoms with Gasteiger partial charge in [-0.05, 0) is 18.1 Å². The molecular formula is C15H12F3NO5S.